The molecule has 1 fully saturated rings. The highest BCUT2D eigenvalue weighted by Crippen LogP contribution is 2.50. The first-order chi connectivity index (χ1) is 7.62. The van der Waals surface area contributed by atoms with Crippen LogP contribution in [0.2, 0.25) is 0 Å². The molecule has 1 aliphatic rings. The van der Waals surface area contributed by atoms with Gasteiger partial charge < -0.3 is 5.73 Å². The van der Waals surface area contributed by atoms with E-state index in [0.717, 1.165) is 10.5 Å². The summed E-state index contributed by atoms with van der Waals surface area (Å²) in [5.41, 5.74) is 8.84. The molecular formula is C13H16N2S. The Morgan fingerprint density at radius 1 is 1.44 bits per heavy atom. The lowest BCUT2D eigenvalue weighted by Gasteiger charge is -2.19. The van der Waals surface area contributed by atoms with Gasteiger partial charge in [-0.25, -0.2) is 4.98 Å². The summed E-state index contributed by atoms with van der Waals surface area (Å²) in [7, 11) is 0. The fraction of sp³-hybridized carbons (Fsp3) is 0.462. The van der Waals surface area contributed by atoms with Crippen LogP contribution >= 0.6 is 11.3 Å². The summed E-state index contributed by atoms with van der Waals surface area (Å²) in [5, 5.41) is 1.14. The molecule has 1 aliphatic carbocycles. The normalized spacial score (nSPS) is 19.9. The predicted molar refractivity (Wildman–Crippen MR) is 68.9 cm³/mol. The molecule has 1 saturated carbocycles. The van der Waals surface area contributed by atoms with Crippen LogP contribution in [0, 0.1) is 6.92 Å². The van der Waals surface area contributed by atoms with Crippen molar-refractivity contribution in [3.63, 3.8) is 0 Å². The average Bonchev–Trinajstić information content (AvgIpc) is 2.95. The molecule has 1 atom stereocenters. The molecular weight excluding hydrogens is 216 g/mol. The minimum atomic E-state index is 0.240. The van der Waals surface area contributed by atoms with Crippen molar-refractivity contribution < 1.29 is 0 Å². The summed E-state index contributed by atoms with van der Waals surface area (Å²) in [6.45, 7) is 4.17. The zero-order valence-electron chi connectivity index (χ0n) is 9.66. The third kappa shape index (κ3) is 1.39. The van der Waals surface area contributed by atoms with Crippen LogP contribution in [-0.4, -0.2) is 11.0 Å². The van der Waals surface area contributed by atoms with E-state index >= 15 is 0 Å². The third-order valence-electron chi connectivity index (χ3n) is 3.73. The Kier molecular flexibility index (Phi) is 2.10. The van der Waals surface area contributed by atoms with Gasteiger partial charge in [0.15, 0.2) is 0 Å². The van der Waals surface area contributed by atoms with Gasteiger partial charge in [0.25, 0.3) is 0 Å². The number of hydrogen-bond acceptors (Lipinski definition) is 3. The van der Waals surface area contributed by atoms with Crippen molar-refractivity contribution in [1.82, 2.24) is 4.98 Å². The van der Waals surface area contributed by atoms with Crippen LogP contribution in [0.4, 0.5) is 0 Å². The van der Waals surface area contributed by atoms with E-state index in [-0.39, 0.29) is 11.5 Å². The smallest absolute Gasteiger partial charge is 0.0907 e. The summed E-state index contributed by atoms with van der Waals surface area (Å²) < 4.78 is 1.28. The van der Waals surface area contributed by atoms with Crippen LogP contribution in [-0.2, 0) is 5.41 Å². The molecule has 1 unspecified atom stereocenters. The molecule has 1 heterocycles. The zero-order chi connectivity index (χ0) is 11.3. The number of nitrogens with two attached hydrogens (primary N) is 1. The molecule has 1 aromatic carbocycles. The topological polar surface area (TPSA) is 38.9 Å². The SMILES string of the molecule is Cc1nc2cc(C3(C(C)N)CC3)ccc2s1. The Hall–Kier alpha value is -0.930. The fourth-order valence-electron chi connectivity index (χ4n) is 2.49. The van der Waals surface area contributed by atoms with Crippen molar-refractivity contribution in [1.29, 1.82) is 0 Å². The van der Waals surface area contributed by atoms with E-state index in [1.807, 2.05) is 0 Å². The first-order valence-corrected chi connectivity index (χ1v) is 6.57. The van der Waals surface area contributed by atoms with Crippen LogP contribution in [0.3, 0.4) is 0 Å². The van der Waals surface area contributed by atoms with Gasteiger partial charge in [-0.05, 0) is 44.4 Å². The van der Waals surface area contributed by atoms with Gasteiger partial charge >= 0.3 is 0 Å². The number of nitrogens with zero attached hydrogens (tertiary/aromatic N) is 1. The maximum absolute atomic E-state index is 6.10. The summed E-state index contributed by atoms with van der Waals surface area (Å²) in [4.78, 5) is 4.55. The molecule has 3 rings (SSSR count). The summed E-state index contributed by atoms with van der Waals surface area (Å²) >= 11 is 1.76. The number of aryl methyl sites for hydroxylation is 1. The van der Waals surface area contributed by atoms with Gasteiger partial charge in [0.05, 0.1) is 15.2 Å². The van der Waals surface area contributed by atoms with Crippen molar-refractivity contribution in [2.24, 2.45) is 5.73 Å². The van der Waals surface area contributed by atoms with Gasteiger partial charge in [-0.3, -0.25) is 0 Å². The van der Waals surface area contributed by atoms with Gasteiger partial charge in [-0.1, -0.05) is 6.07 Å². The lowest BCUT2D eigenvalue weighted by Crippen LogP contribution is -2.31. The molecule has 0 radical (unpaired) electrons. The van der Waals surface area contributed by atoms with E-state index in [1.165, 1.54) is 23.1 Å². The van der Waals surface area contributed by atoms with Crippen LogP contribution in [0.1, 0.15) is 30.3 Å². The molecule has 2 nitrogen and oxygen atoms in total. The van der Waals surface area contributed by atoms with Crippen molar-refractivity contribution in [3.8, 4) is 0 Å². The van der Waals surface area contributed by atoms with Crippen molar-refractivity contribution in [2.45, 2.75) is 38.1 Å². The number of fused-ring (bicyclic) bond motifs is 1. The summed E-state index contributed by atoms with van der Waals surface area (Å²) in [6.07, 6.45) is 2.44. The molecule has 84 valence electrons. The second-order valence-electron chi connectivity index (χ2n) is 4.86. The fourth-order valence-corrected chi connectivity index (χ4v) is 3.30. The van der Waals surface area contributed by atoms with Crippen LogP contribution < -0.4 is 5.73 Å². The van der Waals surface area contributed by atoms with E-state index in [2.05, 4.69) is 37.0 Å². The van der Waals surface area contributed by atoms with Crippen molar-refractivity contribution in [3.05, 3.63) is 28.8 Å². The van der Waals surface area contributed by atoms with Gasteiger partial charge in [0.2, 0.25) is 0 Å². The number of hydrogen-bond donors (Lipinski definition) is 1. The summed E-state index contributed by atoms with van der Waals surface area (Å²) in [5.74, 6) is 0. The maximum atomic E-state index is 6.10. The highest BCUT2D eigenvalue weighted by Gasteiger charge is 2.47. The number of aromatic nitrogens is 1. The van der Waals surface area contributed by atoms with E-state index < -0.39 is 0 Å². The monoisotopic (exact) mass is 232 g/mol. The summed E-state index contributed by atoms with van der Waals surface area (Å²) in [6, 6.07) is 6.90. The van der Waals surface area contributed by atoms with Gasteiger partial charge in [-0.15, -0.1) is 11.3 Å². The Morgan fingerprint density at radius 2 is 2.19 bits per heavy atom. The van der Waals surface area contributed by atoms with Gasteiger partial charge in [0.1, 0.15) is 0 Å². The molecule has 3 heteroatoms. The first-order valence-electron chi connectivity index (χ1n) is 5.75. The van der Waals surface area contributed by atoms with Crippen molar-refractivity contribution >= 4 is 21.6 Å². The highest BCUT2D eigenvalue weighted by molar-refractivity contribution is 7.18. The maximum Gasteiger partial charge on any atom is 0.0907 e. The van der Waals surface area contributed by atoms with E-state index in [0.29, 0.717) is 0 Å². The van der Waals surface area contributed by atoms with Gasteiger partial charge in [-0.2, -0.15) is 0 Å². The molecule has 0 aliphatic heterocycles. The predicted octanol–water partition coefficient (Wildman–Crippen LogP) is 2.98. The minimum absolute atomic E-state index is 0.240. The Bertz CT molecular complexity index is 538. The van der Waals surface area contributed by atoms with E-state index in [1.54, 1.807) is 11.3 Å². The largest absolute Gasteiger partial charge is 0.327 e. The Morgan fingerprint density at radius 3 is 2.81 bits per heavy atom. The molecule has 2 N–H and O–H groups in total. The standard InChI is InChI=1S/C13H16N2S/c1-8(14)13(5-6-13)10-3-4-12-11(7-10)15-9(2)16-12/h3-4,7-8H,5-6,14H2,1-2H3. The number of benzene rings is 1. The third-order valence-corrected chi connectivity index (χ3v) is 4.68. The quantitative estimate of drug-likeness (QED) is 0.864. The molecule has 2 aromatic rings. The van der Waals surface area contributed by atoms with Crippen LogP contribution in [0.5, 0.6) is 0 Å². The average molecular weight is 232 g/mol. The Balaban J connectivity index is 2.11. The van der Waals surface area contributed by atoms with E-state index in [9.17, 15) is 0 Å². The van der Waals surface area contributed by atoms with E-state index in [4.69, 9.17) is 5.73 Å². The highest BCUT2D eigenvalue weighted by atomic mass is 32.1. The molecule has 0 spiro atoms. The molecule has 0 amide bonds. The number of thiazole rings is 1. The van der Waals surface area contributed by atoms with Crippen LogP contribution in [0.15, 0.2) is 18.2 Å². The molecule has 0 bridgehead atoms. The molecule has 1 aromatic heterocycles. The first kappa shape index (κ1) is 10.2. The van der Waals surface area contributed by atoms with Crippen molar-refractivity contribution in [2.75, 3.05) is 0 Å². The minimum Gasteiger partial charge on any atom is -0.327 e. The lowest BCUT2D eigenvalue weighted by molar-refractivity contribution is 0.557. The zero-order valence-corrected chi connectivity index (χ0v) is 10.5. The van der Waals surface area contributed by atoms with Gasteiger partial charge in [0, 0.05) is 11.5 Å². The van der Waals surface area contributed by atoms with Crippen LogP contribution in [0.25, 0.3) is 10.2 Å². The molecule has 0 saturated heterocycles. The molecule has 16 heavy (non-hydrogen) atoms. The second-order valence-corrected chi connectivity index (χ2v) is 6.09. The Labute approximate surface area is 99.5 Å². The number of rotatable bonds is 2. The second kappa shape index (κ2) is 3.28. The lowest BCUT2D eigenvalue weighted by atomic mass is 9.89.